The summed E-state index contributed by atoms with van der Waals surface area (Å²) >= 11 is 0. The van der Waals surface area contributed by atoms with E-state index in [0.29, 0.717) is 5.56 Å². The molecule has 0 aliphatic carbocycles. The summed E-state index contributed by atoms with van der Waals surface area (Å²) in [5, 5.41) is 24.8. The number of rotatable bonds is 6. The SMILES string of the molecule is CCC(=O)NC(C(=O)N1CC(O)CC1C(=O)NC(C)c1ccc(C#N)cc1)C(C)(C)C. The van der Waals surface area contributed by atoms with E-state index in [1.54, 1.807) is 31.2 Å². The molecule has 1 aliphatic rings. The van der Waals surface area contributed by atoms with Gasteiger partial charge in [0.1, 0.15) is 12.1 Å². The molecule has 0 spiro atoms. The Morgan fingerprint density at radius 1 is 1.23 bits per heavy atom. The molecule has 0 bridgehead atoms. The number of nitrogens with zero attached hydrogens (tertiary/aromatic N) is 2. The number of hydrogen-bond donors (Lipinski definition) is 3. The molecular weight excluding hydrogens is 396 g/mol. The van der Waals surface area contributed by atoms with Crippen molar-refractivity contribution in [1.82, 2.24) is 15.5 Å². The van der Waals surface area contributed by atoms with Gasteiger partial charge in [-0.3, -0.25) is 14.4 Å². The van der Waals surface area contributed by atoms with Gasteiger partial charge in [-0.1, -0.05) is 39.8 Å². The number of amides is 3. The molecule has 3 N–H and O–H groups in total. The van der Waals surface area contributed by atoms with Crippen LogP contribution in [0.3, 0.4) is 0 Å². The van der Waals surface area contributed by atoms with Crippen LogP contribution in [0.5, 0.6) is 0 Å². The van der Waals surface area contributed by atoms with Crippen LogP contribution < -0.4 is 10.6 Å². The Hall–Kier alpha value is -2.92. The van der Waals surface area contributed by atoms with Crippen LogP contribution in [0, 0.1) is 16.7 Å². The number of nitrogens with one attached hydrogen (secondary N) is 2. The second-order valence-electron chi connectivity index (χ2n) is 9.08. The number of benzene rings is 1. The maximum Gasteiger partial charge on any atom is 0.246 e. The number of aliphatic hydroxyl groups is 1. The molecule has 1 aromatic rings. The summed E-state index contributed by atoms with van der Waals surface area (Å²) in [4.78, 5) is 39.7. The van der Waals surface area contributed by atoms with Gasteiger partial charge >= 0.3 is 0 Å². The van der Waals surface area contributed by atoms with E-state index >= 15 is 0 Å². The van der Waals surface area contributed by atoms with Crippen molar-refractivity contribution >= 4 is 17.7 Å². The van der Waals surface area contributed by atoms with Crippen LogP contribution in [0.2, 0.25) is 0 Å². The molecule has 31 heavy (non-hydrogen) atoms. The molecule has 1 saturated heterocycles. The predicted octanol–water partition coefficient (Wildman–Crippen LogP) is 1.64. The van der Waals surface area contributed by atoms with Crippen LogP contribution >= 0.6 is 0 Å². The predicted molar refractivity (Wildman–Crippen MR) is 116 cm³/mol. The number of carbonyl (C=O) groups excluding carboxylic acids is 3. The average Bonchev–Trinajstić information content (AvgIpc) is 3.12. The van der Waals surface area contributed by atoms with Crippen molar-refractivity contribution in [2.24, 2.45) is 5.41 Å². The standard InChI is InChI=1S/C23H32N4O4/c1-6-19(29)26-20(23(3,4)5)22(31)27-13-17(28)11-18(27)21(30)25-14(2)16-9-7-15(12-24)8-10-16/h7-10,14,17-18,20,28H,6,11,13H2,1-5H3,(H,25,30)(H,26,29). The van der Waals surface area contributed by atoms with Crippen LogP contribution in [-0.4, -0.2) is 52.5 Å². The fourth-order valence-corrected chi connectivity index (χ4v) is 3.62. The number of nitriles is 1. The largest absolute Gasteiger partial charge is 0.391 e. The zero-order chi connectivity index (χ0) is 23.3. The van der Waals surface area contributed by atoms with Crippen molar-refractivity contribution in [3.05, 3.63) is 35.4 Å². The molecule has 0 saturated carbocycles. The Kier molecular flexibility index (Phi) is 7.80. The fourth-order valence-electron chi connectivity index (χ4n) is 3.62. The molecule has 1 aromatic carbocycles. The van der Waals surface area contributed by atoms with E-state index in [4.69, 9.17) is 5.26 Å². The molecule has 2 rings (SSSR count). The van der Waals surface area contributed by atoms with Crippen molar-refractivity contribution in [3.8, 4) is 6.07 Å². The molecule has 1 fully saturated rings. The van der Waals surface area contributed by atoms with Gasteiger partial charge in [0, 0.05) is 19.4 Å². The minimum absolute atomic E-state index is 0.0384. The van der Waals surface area contributed by atoms with Gasteiger partial charge in [0.15, 0.2) is 0 Å². The summed E-state index contributed by atoms with van der Waals surface area (Å²) in [7, 11) is 0. The first-order valence-corrected chi connectivity index (χ1v) is 10.6. The Bertz CT molecular complexity index is 854. The highest BCUT2D eigenvalue weighted by Gasteiger charge is 2.44. The monoisotopic (exact) mass is 428 g/mol. The third kappa shape index (κ3) is 6.05. The molecular formula is C23H32N4O4. The van der Waals surface area contributed by atoms with Crippen molar-refractivity contribution in [1.29, 1.82) is 5.26 Å². The van der Waals surface area contributed by atoms with Crippen LogP contribution in [0.15, 0.2) is 24.3 Å². The Balaban J connectivity index is 2.18. The van der Waals surface area contributed by atoms with Gasteiger partial charge in [0.25, 0.3) is 0 Å². The lowest BCUT2D eigenvalue weighted by Crippen LogP contribution is -2.57. The summed E-state index contributed by atoms with van der Waals surface area (Å²) in [5.74, 6) is -0.989. The fraction of sp³-hybridized carbons (Fsp3) is 0.565. The quantitative estimate of drug-likeness (QED) is 0.636. The highest BCUT2D eigenvalue weighted by atomic mass is 16.3. The second-order valence-corrected chi connectivity index (χ2v) is 9.08. The summed E-state index contributed by atoms with van der Waals surface area (Å²) in [6.07, 6.45) is -0.433. The van der Waals surface area contributed by atoms with Crippen LogP contribution in [0.4, 0.5) is 0 Å². The van der Waals surface area contributed by atoms with E-state index in [-0.39, 0.29) is 43.1 Å². The molecule has 168 valence electrons. The van der Waals surface area contributed by atoms with Gasteiger partial charge in [-0.15, -0.1) is 0 Å². The molecule has 8 heteroatoms. The maximum absolute atomic E-state index is 13.3. The van der Waals surface area contributed by atoms with Gasteiger partial charge in [0.05, 0.1) is 23.8 Å². The van der Waals surface area contributed by atoms with Gasteiger partial charge in [-0.2, -0.15) is 5.26 Å². The molecule has 0 aromatic heterocycles. The Morgan fingerprint density at radius 2 is 1.84 bits per heavy atom. The minimum atomic E-state index is -0.827. The highest BCUT2D eigenvalue weighted by Crippen LogP contribution is 2.27. The average molecular weight is 429 g/mol. The third-order valence-electron chi connectivity index (χ3n) is 5.50. The van der Waals surface area contributed by atoms with Crippen molar-refractivity contribution in [2.45, 2.75) is 71.7 Å². The number of hydrogen-bond acceptors (Lipinski definition) is 5. The summed E-state index contributed by atoms with van der Waals surface area (Å²) in [6.45, 7) is 9.10. The van der Waals surface area contributed by atoms with E-state index < -0.39 is 23.6 Å². The summed E-state index contributed by atoms with van der Waals surface area (Å²) < 4.78 is 0. The lowest BCUT2D eigenvalue weighted by Gasteiger charge is -2.35. The number of β-amino-alcohol motifs (C(OH)–C–C–N with tert-alkyl or cyclic N) is 1. The lowest BCUT2D eigenvalue weighted by atomic mass is 9.85. The first-order chi connectivity index (χ1) is 14.5. The molecule has 8 nitrogen and oxygen atoms in total. The zero-order valence-electron chi connectivity index (χ0n) is 18.8. The number of carbonyl (C=O) groups is 3. The van der Waals surface area contributed by atoms with Gasteiger partial charge < -0.3 is 20.6 Å². The first-order valence-electron chi connectivity index (χ1n) is 10.6. The van der Waals surface area contributed by atoms with Crippen LogP contribution in [-0.2, 0) is 14.4 Å². The van der Waals surface area contributed by atoms with E-state index in [1.807, 2.05) is 27.7 Å². The minimum Gasteiger partial charge on any atom is -0.391 e. The molecule has 4 unspecified atom stereocenters. The summed E-state index contributed by atoms with van der Waals surface area (Å²) in [6, 6.07) is 6.97. The smallest absolute Gasteiger partial charge is 0.246 e. The molecule has 3 amide bonds. The highest BCUT2D eigenvalue weighted by molar-refractivity contribution is 5.93. The van der Waals surface area contributed by atoms with E-state index in [0.717, 1.165) is 5.56 Å². The van der Waals surface area contributed by atoms with Gasteiger partial charge in [0.2, 0.25) is 17.7 Å². The number of likely N-dealkylation sites (tertiary alicyclic amines) is 1. The van der Waals surface area contributed by atoms with Crippen LogP contribution in [0.1, 0.15) is 64.6 Å². The van der Waals surface area contributed by atoms with Crippen molar-refractivity contribution < 1.29 is 19.5 Å². The third-order valence-corrected chi connectivity index (χ3v) is 5.50. The molecule has 1 heterocycles. The molecule has 4 atom stereocenters. The lowest BCUT2D eigenvalue weighted by molar-refractivity contribution is -0.144. The first kappa shape index (κ1) is 24.4. The van der Waals surface area contributed by atoms with E-state index in [1.165, 1.54) is 4.90 Å². The van der Waals surface area contributed by atoms with E-state index in [9.17, 15) is 19.5 Å². The second kappa shape index (κ2) is 9.92. The van der Waals surface area contributed by atoms with Gasteiger partial charge in [-0.05, 0) is 30.0 Å². The van der Waals surface area contributed by atoms with Crippen molar-refractivity contribution in [3.63, 3.8) is 0 Å². The Morgan fingerprint density at radius 3 is 2.35 bits per heavy atom. The molecule has 0 radical (unpaired) electrons. The topological polar surface area (TPSA) is 123 Å². The van der Waals surface area contributed by atoms with Crippen molar-refractivity contribution in [2.75, 3.05) is 6.54 Å². The normalized spacial score (nSPS) is 20.5. The zero-order valence-corrected chi connectivity index (χ0v) is 18.8. The van der Waals surface area contributed by atoms with E-state index in [2.05, 4.69) is 16.7 Å². The van der Waals surface area contributed by atoms with Crippen LogP contribution in [0.25, 0.3) is 0 Å². The maximum atomic E-state index is 13.3. The number of aliphatic hydroxyl groups excluding tert-OH is 1. The van der Waals surface area contributed by atoms with Gasteiger partial charge in [-0.25, -0.2) is 0 Å². The molecule has 1 aliphatic heterocycles. The summed E-state index contributed by atoms with van der Waals surface area (Å²) in [5.41, 5.74) is 0.790. The Labute approximate surface area is 183 Å².